The summed E-state index contributed by atoms with van der Waals surface area (Å²) in [6, 6.07) is 8.77. The van der Waals surface area contributed by atoms with Gasteiger partial charge in [0.2, 0.25) is 0 Å². The molecule has 1 aromatic carbocycles. The highest BCUT2D eigenvalue weighted by Gasteiger charge is 2.15. The van der Waals surface area contributed by atoms with Crippen molar-refractivity contribution in [2.75, 3.05) is 5.75 Å². The molecule has 92 valence electrons. The molecule has 0 aromatic heterocycles. The van der Waals surface area contributed by atoms with Crippen molar-refractivity contribution < 1.29 is 8.42 Å². The molecular formula is C13H17NO2S. The SMILES string of the molecule is CCC(C)CS(=O)(=O)Cc1cccc(C#N)c1. The zero-order chi connectivity index (χ0) is 12.9. The second-order valence-corrected chi connectivity index (χ2v) is 6.49. The highest BCUT2D eigenvalue weighted by molar-refractivity contribution is 7.90. The van der Waals surface area contributed by atoms with E-state index >= 15 is 0 Å². The molecule has 0 radical (unpaired) electrons. The van der Waals surface area contributed by atoms with Crippen molar-refractivity contribution >= 4 is 9.84 Å². The smallest absolute Gasteiger partial charge is 0.154 e. The first-order chi connectivity index (χ1) is 7.96. The van der Waals surface area contributed by atoms with Crippen molar-refractivity contribution in [1.82, 2.24) is 0 Å². The predicted molar refractivity (Wildman–Crippen MR) is 68.1 cm³/mol. The van der Waals surface area contributed by atoms with E-state index < -0.39 is 9.84 Å². The number of nitrogens with zero attached hydrogens (tertiary/aromatic N) is 1. The second-order valence-electron chi connectivity index (χ2n) is 4.38. The lowest BCUT2D eigenvalue weighted by Gasteiger charge is -2.09. The molecule has 0 aliphatic rings. The summed E-state index contributed by atoms with van der Waals surface area (Å²) < 4.78 is 23.8. The summed E-state index contributed by atoms with van der Waals surface area (Å²) in [6.45, 7) is 3.92. The van der Waals surface area contributed by atoms with Crippen LogP contribution in [0.5, 0.6) is 0 Å². The third kappa shape index (κ3) is 4.58. The monoisotopic (exact) mass is 251 g/mol. The van der Waals surface area contributed by atoms with E-state index in [0.717, 1.165) is 6.42 Å². The molecule has 0 fully saturated rings. The van der Waals surface area contributed by atoms with Gasteiger partial charge in [-0.2, -0.15) is 5.26 Å². The first kappa shape index (κ1) is 13.7. The molecule has 1 unspecified atom stereocenters. The molecule has 0 aliphatic heterocycles. The van der Waals surface area contributed by atoms with Crippen LogP contribution in [0.1, 0.15) is 31.4 Å². The van der Waals surface area contributed by atoms with E-state index in [1.165, 1.54) is 0 Å². The summed E-state index contributed by atoms with van der Waals surface area (Å²) >= 11 is 0. The fraction of sp³-hybridized carbons (Fsp3) is 0.462. The van der Waals surface area contributed by atoms with E-state index in [1.807, 2.05) is 19.9 Å². The van der Waals surface area contributed by atoms with Crippen LogP contribution in [0.4, 0.5) is 0 Å². The van der Waals surface area contributed by atoms with Crippen LogP contribution in [-0.4, -0.2) is 14.2 Å². The Morgan fingerprint density at radius 3 is 2.71 bits per heavy atom. The third-order valence-corrected chi connectivity index (χ3v) is 4.53. The molecule has 0 heterocycles. The van der Waals surface area contributed by atoms with Gasteiger partial charge in [0, 0.05) is 0 Å². The zero-order valence-corrected chi connectivity index (χ0v) is 11.0. The van der Waals surface area contributed by atoms with Gasteiger partial charge in [0.25, 0.3) is 0 Å². The molecule has 0 spiro atoms. The van der Waals surface area contributed by atoms with Gasteiger partial charge in [-0.15, -0.1) is 0 Å². The quantitative estimate of drug-likeness (QED) is 0.808. The van der Waals surface area contributed by atoms with Crippen LogP contribution in [-0.2, 0) is 15.6 Å². The largest absolute Gasteiger partial charge is 0.228 e. The third-order valence-electron chi connectivity index (χ3n) is 2.68. The van der Waals surface area contributed by atoms with Gasteiger partial charge in [-0.3, -0.25) is 0 Å². The Kier molecular flexibility index (Phi) is 4.71. The fourth-order valence-electron chi connectivity index (χ4n) is 1.59. The number of rotatable bonds is 5. The van der Waals surface area contributed by atoms with Crippen molar-refractivity contribution in [2.24, 2.45) is 5.92 Å². The maximum absolute atomic E-state index is 11.9. The van der Waals surface area contributed by atoms with E-state index in [4.69, 9.17) is 5.26 Å². The standard InChI is InChI=1S/C13H17NO2S/c1-3-11(2)9-17(15,16)10-13-6-4-5-12(7-13)8-14/h4-7,11H,3,9-10H2,1-2H3. The van der Waals surface area contributed by atoms with Gasteiger partial charge in [-0.1, -0.05) is 32.4 Å². The number of benzene rings is 1. The molecule has 0 saturated heterocycles. The molecule has 0 aliphatic carbocycles. The highest BCUT2D eigenvalue weighted by Crippen LogP contribution is 2.13. The van der Waals surface area contributed by atoms with Crippen LogP contribution >= 0.6 is 0 Å². The topological polar surface area (TPSA) is 57.9 Å². The fourth-order valence-corrected chi connectivity index (χ4v) is 3.50. The van der Waals surface area contributed by atoms with Crippen molar-refractivity contribution in [3.8, 4) is 6.07 Å². The van der Waals surface area contributed by atoms with E-state index in [-0.39, 0.29) is 17.4 Å². The van der Waals surface area contributed by atoms with Crippen LogP contribution in [0.2, 0.25) is 0 Å². The molecule has 0 amide bonds. The van der Waals surface area contributed by atoms with Gasteiger partial charge in [0.15, 0.2) is 9.84 Å². The normalized spacial score (nSPS) is 13.0. The summed E-state index contributed by atoms with van der Waals surface area (Å²) in [5.74, 6) is 0.409. The molecule has 1 aromatic rings. The predicted octanol–water partition coefficient (Wildman–Crippen LogP) is 2.52. The summed E-state index contributed by atoms with van der Waals surface area (Å²) in [6.07, 6.45) is 0.859. The van der Waals surface area contributed by atoms with Crippen LogP contribution in [0.25, 0.3) is 0 Å². The lowest BCUT2D eigenvalue weighted by Crippen LogP contribution is -2.15. The van der Waals surface area contributed by atoms with Crippen LogP contribution in [0.3, 0.4) is 0 Å². The van der Waals surface area contributed by atoms with Gasteiger partial charge < -0.3 is 0 Å². The van der Waals surface area contributed by atoms with Gasteiger partial charge in [-0.05, 0) is 23.6 Å². The lowest BCUT2D eigenvalue weighted by atomic mass is 10.2. The summed E-state index contributed by atoms with van der Waals surface area (Å²) in [5.41, 5.74) is 1.19. The molecule has 1 rings (SSSR count). The van der Waals surface area contributed by atoms with Crippen molar-refractivity contribution in [3.05, 3.63) is 35.4 Å². The van der Waals surface area contributed by atoms with E-state index in [1.54, 1.807) is 24.3 Å². The van der Waals surface area contributed by atoms with Gasteiger partial charge in [0.1, 0.15) is 0 Å². The van der Waals surface area contributed by atoms with Crippen molar-refractivity contribution in [1.29, 1.82) is 5.26 Å². The number of hydrogen-bond acceptors (Lipinski definition) is 3. The first-order valence-corrected chi connectivity index (χ1v) is 7.48. The zero-order valence-electron chi connectivity index (χ0n) is 10.2. The maximum atomic E-state index is 11.9. The average Bonchev–Trinajstić information content (AvgIpc) is 2.27. The molecule has 0 N–H and O–H groups in total. The molecule has 0 bridgehead atoms. The maximum Gasteiger partial charge on any atom is 0.154 e. The van der Waals surface area contributed by atoms with E-state index in [0.29, 0.717) is 11.1 Å². The Morgan fingerprint density at radius 1 is 1.41 bits per heavy atom. The number of nitriles is 1. The molecule has 1 atom stereocenters. The average molecular weight is 251 g/mol. The van der Waals surface area contributed by atoms with E-state index in [2.05, 4.69) is 0 Å². The van der Waals surface area contributed by atoms with Crippen molar-refractivity contribution in [3.63, 3.8) is 0 Å². The Balaban J connectivity index is 2.80. The van der Waals surface area contributed by atoms with Crippen LogP contribution < -0.4 is 0 Å². The number of sulfone groups is 1. The van der Waals surface area contributed by atoms with Crippen LogP contribution in [0.15, 0.2) is 24.3 Å². The summed E-state index contributed by atoms with van der Waals surface area (Å²) in [4.78, 5) is 0. The summed E-state index contributed by atoms with van der Waals surface area (Å²) in [7, 11) is -3.08. The molecule has 3 nitrogen and oxygen atoms in total. The first-order valence-electron chi connectivity index (χ1n) is 5.66. The Labute approximate surface area is 103 Å². The minimum atomic E-state index is -3.08. The Hall–Kier alpha value is -1.34. The lowest BCUT2D eigenvalue weighted by molar-refractivity contribution is 0.563. The Morgan fingerprint density at radius 2 is 2.12 bits per heavy atom. The van der Waals surface area contributed by atoms with Gasteiger partial charge in [-0.25, -0.2) is 8.42 Å². The molecular weight excluding hydrogens is 234 g/mol. The molecule has 0 saturated carbocycles. The molecule has 17 heavy (non-hydrogen) atoms. The van der Waals surface area contributed by atoms with Crippen molar-refractivity contribution in [2.45, 2.75) is 26.0 Å². The minimum Gasteiger partial charge on any atom is -0.228 e. The minimum absolute atomic E-state index is 0.0207. The van der Waals surface area contributed by atoms with Gasteiger partial charge in [0.05, 0.1) is 23.1 Å². The second kappa shape index (κ2) is 5.83. The number of hydrogen-bond donors (Lipinski definition) is 0. The van der Waals surface area contributed by atoms with E-state index in [9.17, 15) is 8.42 Å². The Bertz CT molecular complexity index is 514. The molecule has 4 heteroatoms. The summed E-state index contributed by atoms with van der Waals surface area (Å²) in [5, 5.41) is 8.74. The highest BCUT2D eigenvalue weighted by atomic mass is 32.2. The van der Waals surface area contributed by atoms with Crippen LogP contribution in [0, 0.1) is 17.2 Å². The van der Waals surface area contributed by atoms with Gasteiger partial charge >= 0.3 is 0 Å².